The van der Waals surface area contributed by atoms with Gasteiger partial charge in [0.25, 0.3) is 0 Å². The summed E-state index contributed by atoms with van der Waals surface area (Å²) in [6.07, 6.45) is 0. The number of rotatable bonds is 4. The van der Waals surface area contributed by atoms with E-state index < -0.39 is 0 Å². The van der Waals surface area contributed by atoms with Gasteiger partial charge in [-0.2, -0.15) is 0 Å². The van der Waals surface area contributed by atoms with Crippen molar-refractivity contribution < 1.29 is 0 Å². The first kappa shape index (κ1) is 33.6. The molecule has 0 amide bonds. The quantitative estimate of drug-likeness (QED) is 0.162. The van der Waals surface area contributed by atoms with Gasteiger partial charge >= 0.3 is 0 Å². The second-order valence-corrected chi connectivity index (χ2v) is 18.3. The average Bonchev–Trinajstić information content (AvgIpc) is 3.85. The number of hydrogen-bond donors (Lipinski definition) is 0. The van der Waals surface area contributed by atoms with Gasteiger partial charge in [0.15, 0.2) is 0 Å². The molecule has 1 aromatic heterocycles. The molecule has 0 aliphatic heterocycles. The summed E-state index contributed by atoms with van der Waals surface area (Å²) in [6, 6.07) is 66.2. The van der Waals surface area contributed by atoms with Gasteiger partial charge in [0.2, 0.25) is 0 Å². The Labute approximate surface area is 343 Å². The van der Waals surface area contributed by atoms with Gasteiger partial charge in [-0.25, -0.2) is 0 Å². The predicted octanol–water partition coefficient (Wildman–Crippen LogP) is 16.1. The van der Waals surface area contributed by atoms with Crippen LogP contribution in [0.15, 0.2) is 176 Å². The zero-order valence-electron chi connectivity index (χ0n) is 33.1. The maximum Gasteiger partial charge on any atom is 0.0718 e. The topological polar surface area (TPSA) is 3.24 Å². The molecule has 0 saturated heterocycles. The molecule has 12 rings (SSSR count). The highest BCUT2D eigenvalue weighted by atomic mass is 32.1. The zero-order chi connectivity index (χ0) is 38.9. The van der Waals surface area contributed by atoms with Crippen LogP contribution in [0.1, 0.15) is 49.9 Å². The van der Waals surface area contributed by atoms with Gasteiger partial charge in [-0.05, 0) is 90.5 Å². The summed E-state index contributed by atoms with van der Waals surface area (Å²) >= 11 is 1.95. The van der Waals surface area contributed by atoms with Crippen molar-refractivity contribution in [3.63, 3.8) is 0 Å². The van der Waals surface area contributed by atoms with E-state index >= 15 is 0 Å². The maximum absolute atomic E-state index is 2.60. The Kier molecular flexibility index (Phi) is 6.97. The molecule has 1 nitrogen and oxygen atoms in total. The van der Waals surface area contributed by atoms with E-state index in [4.69, 9.17) is 0 Å². The molecule has 0 saturated carbocycles. The van der Waals surface area contributed by atoms with Crippen LogP contribution in [0.25, 0.3) is 75.1 Å². The van der Waals surface area contributed by atoms with E-state index in [1.54, 1.807) is 0 Å². The highest BCUT2D eigenvalue weighted by Crippen LogP contribution is 2.56. The van der Waals surface area contributed by atoms with Crippen LogP contribution in [0.4, 0.5) is 17.1 Å². The minimum atomic E-state index is -0.140. The molecule has 0 radical (unpaired) electrons. The van der Waals surface area contributed by atoms with Gasteiger partial charge in [0, 0.05) is 48.6 Å². The van der Waals surface area contributed by atoms with Crippen LogP contribution in [-0.2, 0) is 10.8 Å². The summed E-state index contributed by atoms with van der Waals surface area (Å²) in [7, 11) is 0. The van der Waals surface area contributed by atoms with Crippen molar-refractivity contribution in [3.05, 3.63) is 198 Å². The van der Waals surface area contributed by atoms with E-state index in [1.807, 2.05) is 11.3 Å². The summed E-state index contributed by atoms with van der Waals surface area (Å²) in [5.74, 6) is 0. The average molecular weight is 760 g/mol. The lowest BCUT2D eigenvalue weighted by atomic mass is 9.82. The standard InChI is InChI=1S/C56H41NS/c1-55(2)47-24-14-12-20-40(47)42-28-26-35(32-49(42)55)57(36-27-29-43-41-21-13-15-25-48(41)56(3,4)50(43)33-36)52-37(34-16-6-5-7-17-34)30-31-46-51-44-22-10-8-18-38(44)39-19-9-11-23-45(39)53(51)58-54(46)52/h5-33H,1-4H3. The maximum atomic E-state index is 2.60. The first-order chi connectivity index (χ1) is 28.3. The fraction of sp³-hybridized carbons (Fsp3) is 0.107. The van der Waals surface area contributed by atoms with Gasteiger partial charge in [-0.1, -0.05) is 179 Å². The van der Waals surface area contributed by atoms with E-state index in [0.29, 0.717) is 0 Å². The lowest BCUT2D eigenvalue weighted by Gasteiger charge is -2.31. The highest BCUT2D eigenvalue weighted by Gasteiger charge is 2.38. The molecule has 2 heteroatoms. The number of hydrogen-bond acceptors (Lipinski definition) is 2. The Hall–Kier alpha value is -6.48. The summed E-state index contributed by atoms with van der Waals surface area (Å²) in [5.41, 5.74) is 16.6. The van der Waals surface area contributed by atoms with Crippen LogP contribution in [-0.4, -0.2) is 0 Å². The summed E-state index contributed by atoms with van der Waals surface area (Å²) in [4.78, 5) is 2.60. The van der Waals surface area contributed by atoms with Crippen LogP contribution < -0.4 is 4.90 Å². The third-order valence-electron chi connectivity index (χ3n) is 13.4. The minimum absolute atomic E-state index is 0.140. The van der Waals surface area contributed by atoms with Crippen LogP contribution in [0.3, 0.4) is 0 Å². The Bertz CT molecular complexity index is 3240. The van der Waals surface area contributed by atoms with E-state index in [-0.39, 0.29) is 10.8 Å². The molecular formula is C56H41NS. The minimum Gasteiger partial charge on any atom is -0.308 e. The molecule has 0 atom stereocenters. The number of thiophene rings is 1. The van der Waals surface area contributed by atoms with Crippen molar-refractivity contribution in [3.8, 4) is 33.4 Å². The summed E-state index contributed by atoms with van der Waals surface area (Å²) < 4.78 is 2.63. The molecule has 9 aromatic carbocycles. The van der Waals surface area contributed by atoms with Crippen molar-refractivity contribution in [2.45, 2.75) is 38.5 Å². The van der Waals surface area contributed by atoms with Crippen molar-refractivity contribution in [2.24, 2.45) is 0 Å². The zero-order valence-corrected chi connectivity index (χ0v) is 33.9. The van der Waals surface area contributed by atoms with Crippen molar-refractivity contribution in [1.82, 2.24) is 0 Å². The van der Waals surface area contributed by atoms with Gasteiger partial charge in [-0.15, -0.1) is 11.3 Å². The number of nitrogens with zero attached hydrogens (tertiary/aromatic N) is 1. The molecule has 2 aliphatic carbocycles. The highest BCUT2D eigenvalue weighted by molar-refractivity contribution is 7.27. The van der Waals surface area contributed by atoms with Gasteiger partial charge < -0.3 is 4.90 Å². The molecule has 0 bridgehead atoms. The Morgan fingerprint density at radius 1 is 0.362 bits per heavy atom. The van der Waals surface area contributed by atoms with Crippen LogP contribution in [0, 0.1) is 0 Å². The Morgan fingerprint density at radius 2 is 0.828 bits per heavy atom. The molecule has 2 aliphatic rings. The third-order valence-corrected chi connectivity index (χ3v) is 14.7. The largest absolute Gasteiger partial charge is 0.308 e. The molecule has 10 aromatic rings. The van der Waals surface area contributed by atoms with Gasteiger partial charge in [0.1, 0.15) is 0 Å². The molecule has 58 heavy (non-hydrogen) atoms. The third kappa shape index (κ3) is 4.52. The monoisotopic (exact) mass is 759 g/mol. The van der Waals surface area contributed by atoms with E-state index in [1.165, 1.54) is 114 Å². The SMILES string of the molecule is CC1(C)c2ccccc2-c2ccc(N(c3ccc4c(c3)C(C)(C)c3ccccc3-4)c3c(-c4ccccc4)ccc4c3sc3c5ccccc5c5ccccc5c43)cc21. The van der Waals surface area contributed by atoms with Crippen LogP contribution in [0.2, 0.25) is 0 Å². The fourth-order valence-electron chi connectivity index (χ4n) is 10.6. The van der Waals surface area contributed by atoms with Crippen molar-refractivity contribution >= 4 is 70.1 Å². The first-order valence-electron chi connectivity index (χ1n) is 20.4. The van der Waals surface area contributed by atoms with E-state index in [0.717, 1.165) is 0 Å². The molecule has 0 spiro atoms. The molecule has 0 fully saturated rings. The summed E-state index contributed by atoms with van der Waals surface area (Å²) in [6.45, 7) is 9.55. The van der Waals surface area contributed by atoms with Gasteiger partial charge in [0.05, 0.1) is 10.4 Å². The van der Waals surface area contributed by atoms with Crippen molar-refractivity contribution in [1.29, 1.82) is 0 Å². The normalized spacial score (nSPS) is 14.5. The Morgan fingerprint density at radius 3 is 1.43 bits per heavy atom. The number of anilines is 3. The fourth-order valence-corrected chi connectivity index (χ4v) is 12.0. The Balaban J connectivity index is 1.22. The van der Waals surface area contributed by atoms with Crippen molar-refractivity contribution in [2.75, 3.05) is 4.90 Å². The lowest BCUT2D eigenvalue weighted by Crippen LogP contribution is -2.18. The number of fused-ring (bicyclic) bond motifs is 14. The lowest BCUT2D eigenvalue weighted by molar-refractivity contribution is 0.660. The molecule has 0 unspecified atom stereocenters. The molecule has 1 heterocycles. The second-order valence-electron chi connectivity index (χ2n) is 17.2. The molecule has 276 valence electrons. The first-order valence-corrected chi connectivity index (χ1v) is 21.3. The predicted molar refractivity (Wildman–Crippen MR) is 250 cm³/mol. The molecular weight excluding hydrogens is 719 g/mol. The number of benzene rings is 9. The summed E-state index contributed by atoms with van der Waals surface area (Å²) in [5, 5.41) is 7.86. The van der Waals surface area contributed by atoms with E-state index in [9.17, 15) is 0 Å². The van der Waals surface area contributed by atoms with Gasteiger partial charge in [-0.3, -0.25) is 0 Å². The molecule has 0 N–H and O–H groups in total. The smallest absolute Gasteiger partial charge is 0.0718 e. The van der Waals surface area contributed by atoms with Crippen LogP contribution >= 0.6 is 11.3 Å². The second kappa shape index (κ2) is 12.0. The van der Waals surface area contributed by atoms with Crippen LogP contribution in [0.5, 0.6) is 0 Å². The van der Waals surface area contributed by atoms with E-state index in [2.05, 4.69) is 209 Å².